The molecule has 74 valence electrons. The second-order valence-electron chi connectivity index (χ2n) is 2.94. The highest BCUT2D eigenvalue weighted by Crippen LogP contribution is 2.16. The van der Waals surface area contributed by atoms with E-state index in [9.17, 15) is 4.79 Å². The van der Waals surface area contributed by atoms with Crippen molar-refractivity contribution in [2.45, 2.75) is 12.5 Å². The van der Waals surface area contributed by atoms with E-state index in [1.54, 1.807) is 6.08 Å². The van der Waals surface area contributed by atoms with Crippen LogP contribution in [0.2, 0.25) is 0 Å². The van der Waals surface area contributed by atoms with Gasteiger partial charge in [-0.3, -0.25) is 4.79 Å². The smallest absolute Gasteiger partial charge is 0.276 e. The number of carbonyl (C=O) groups is 1. The highest BCUT2D eigenvalue weighted by molar-refractivity contribution is 7.96. The van der Waals surface area contributed by atoms with Crippen LogP contribution in [0.4, 0.5) is 4.79 Å². The van der Waals surface area contributed by atoms with Crippen LogP contribution in [0.5, 0.6) is 0 Å². The van der Waals surface area contributed by atoms with Crippen molar-refractivity contribution >= 4 is 17.9 Å². The van der Waals surface area contributed by atoms with Crippen LogP contribution in [0.3, 0.4) is 0 Å². The minimum atomic E-state index is -0.319. The highest BCUT2D eigenvalue weighted by atomic mass is 32.1. The van der Waals surface area contributed by atoms with Crippen molar-refractivity contribution in [3.8, 4) is 0 Å². The molecule has 0 aliphatic rings. The van der Waals surface area contributed by atoms with Gasteiger partial charge in [0.25, 0.3) is 5.24 Å². The number of hydrogen-bond donors (Lipinski definition) is 2. The monoisotopic (exact) mass is 207 g/mol. The van der Waals surface area contributed by atoms with E-state index >= 15 is 0 Å². The number of carbonyl (C=O) groups excluding carboxylic acids is 1. The largest absolute Gasteiger partial charge is 0.340 e. The van der Waals surface area contributed by atoms with Gasteiger partial charge in [0, 0.05) is 0 Å². The average Bonchev–Trinajstić information content (AvgIpc) is 2.18. The van der Waals surface area contributed by atoms with Gasteiger partial charge in [-0.1, -0.05) is 49.0 Å². The Hall–Kier alpha value is -1.22. The van der Waals surface area contributed by atoms with E-state index < -0.39 is 0 Å². The van der Waals surface area contributed by atoms with Crippen molar-refractivity contribution in [2.24, 2.45) is 0 Å². The number of rotatable bonds is 4. The summed E-state index contributed by atoms with van der Waals surface area (Å²) < 4.78 is 0. The molecule has 1 aromatic carbocycles. The Morgan fingerprint density at radius 2 is 2.14 bits per heavy atom. The van der Waals surface area contributed by atoms with Gasteiger partial charge in [-0.2, -0.15) is 0 Å². The van der Waals surface area contributed by atoms with Crippen molar-refractivity contribution < 1.29 is 4.79 Å². The number of amides is 1. The van der Waals surface area contributed by atoms with Crippen molar-refractivity contribution in [1.29, 1.82) is 0 Å². The summed E-state index contributed by atoms with van der Waals surface area (Å²) in [5.74, 6) is 0. The molecule has 2 nitrogen and oxygen atoms in total. The van der Waals surface area contributed by atoms with Gasteiger partial charge in [-0.05, 0) is 12.0 Å². The molecule has 0 spiro atoms. The molecule has 0 radical (unpaired) electrons. The Bertz CT molecular complexity index is 310. The summed E-state index contributed by atoms with van der Waals surface area (Å²) in [5.41, 5.74) is 1.06. The van der Waals surface area contributed by atoms with Crippen LogP contribution in [-0.4, -0.2) is 5.24 Å². The lowest BCUT2D eigenvalue weighted by atomic mass is 10.0. The minimum Gasteiger partial charge on any atom is -0.340 e. The Morgan fingerprint density at radius 3 is 2.64 bits per heavy atom. The van der Waals surface area contributed by atoms with E-state index in [0.717, 1.165) is 5.56 Å². The number of thiol groups is 1. The van der Waals surface area contributed by atoms with E-state index in [0.29, 0.717) is 6.42 Å². The fraction of sp³-hybridized carbons (Fsp3) is 0.182. The third-order valence-electron chi connectivity index (χ3n) is 1.90. The van der Waals surface area contributed by atoms with Crippen LogP contribution >= 0.6 is 12.6 Å². The predicted octanol–water partition coefficient (Wildman–Crippen LogP) is 2.94. The van der Waals surface area contributed by atoms with E-state index in [1.807, 2.05) is 30.3 Å². The molecule has 0 aromatic heterocycles. The zero-order valence-corrected chi connectivity index (χ0v) is 8.71. The third-order valence-corrected chi connectivity index (χ3v) is 2.03. The van der Waals surface area contributed by atoms with Gasteiger partial charge in [-0.15, -0.1) is 6.58 Å². The van der Waals surface area contributed by atoms with Gasteiger partial charge in [0.05, 0.1) is 6.04 Å². The minimum absolute atomic E-state index is 0.0290. The summed E-state index contributed by atoms with van der Waals surface area (Å²) in [7, 11) is 0. The first-order valence-electron chi connectivity index (χ1n) is 4.39. The maximum atomic E-state index is 10.8. The molecular formula is C11H13NOS. The lowest BCUT2D eigenvalue weighted by Crippen LogP contribution is -2.23. The second-order valence-corrected chi connectivity index (χ2v) is 3.34. The van der Waals surface area contributed by atoms with E-state index in [-0.39, 0.29) is 11.3 Å². The summed E-state index contributed by atoms with van der Waals surface area (Å²) in [5, 5.41) is 2.43. The van der Waals surface area contributed by atoms with Crippen LogP contribution in [-0.2, 0) is 0 Å². The summed E-state index contributed by atoms with van der Waals surface area (Å²) in [6, 6.07) is 9.73. The molecule has 0 aliphatic carbocycles. The summed E-state index contributed by atoms with van der Waals surface area (Å²) in [4.78, 5) is 10.8. The molecule has 0 bridgehead atoms. The topological polar surface area (TPSA) is 29.1 Å². The van der Waals surface area contributed by atoms with E-state index in [2.05, 4.69) is 24.5 Å². The zero-order chi connectivity index (χ0) is 10.4. The molecule has 0 fully saturated rings. The van der Waals surface area contributed by atoms with Gasteiger partial charge in [0.2, 0.25) is 0 Å². The first-order chi connectivity index (χ1) is 6.74. The van der Waals surface area contributed by atoms with Crippen LogP contribution in [0.25, 0.3) is 0 Å². The van der Waals surface area contributed by atoms with Crippen molar-refractivity contribution in [1.82, 2.24) is 5.32 Å². The summed E-state index contributed by atoms with van der Waals surface area (Å²) >= 11 is 3.70. The first kappa shape index (κ1) is 10.9. The Morgan fingerprint density at radius 1 is 1.50 bits per heavy atom. The van der Waals surface area contributed by atoms with Gasteiger partial charge >= 0.3 is 0 Å². The molecule has 3 heteroatoms. The molecule has 1 amide bonds. The number of hydrogen-bond acceptors (Lipinski definition) is 1. The lowest BCUT2D eigenvalue weighted by molar-refractivity contribution is 0.258. The third kappa shape index (κ3) is 3.26. The van der Waals surface area contributed by atoms with Crippen molar-refractivity contribution in [3.63, 3.8) is 0 Å². The molecule has 1 unspecified atom stereocenters. The van der Waals surface area contributed by atoms with Crippen LogP contribution in [0, 0.1) is 0 Å². The van der Waals surface area contributed by atoms with Gasteiger partial charge in [0.1, 0.15) is 0 Å². The Balaban J connectivity index is 2.77. The molecular weight excluding hydrogens is 194 g/mol. The van der Waals surface area contributed by atoms with E-state index in [4.69, 9.17) is 0 Å². The molecule has 0 saturated carbocycles. The van der Waals surface area contributed by atoms with Gasteiger partial charge < -0.3 is 5.32 Å². The van der Waals surface area contributed by atoms with Gasteiger partial charge in [-0.25, -0.2) is 0 Å². The molecule has 0 saturated heterocycles. The molecule has 1 N–H and O–H groups in total. The Labute approximate surface area is 89.4 Å². The van der Waals surface area contributed by atoms with Crippen molar-refractivity contribution in [2.75, 3.05) is 0 Å². The normalized spacial score (nSPS) is 11.8. The predicted molar refractivity (Wildman–Crippen MR) is 61.5 cm³/mol. The summed E-state index contributed by atoms with van der Waals surface area (Å²) in [6.45, 7) is 3.66. The molecule has 1 rings (SSSR count). The zero-order valence-electron chi connectivity index (χ0n) is 7.81. The van der Waals surface area contributed by atoms with Gasteiger partial charge in [0.15, 0.2) is 0 Å². The standard InChI is InChI=1S/C11H13NOS/c1-2-6-10(12-11(13)14)9-7-4-3-5-8-9/h2-5,7-8,10H,1,6H2,(H2,12,13,14). The fourth-order valence-electron chi connectivity index (χ4n) is 1.28. The average molecular weight is 207 g/mol. The van der Waals surface area contributed by atoms with Crippen LogP contribution in [0.15, 0.2) is 43.0 Å². The maximum absolute atomic E-state index is 10.8. The number of benzene rings is 1. The molecule has 14 heavy (non-hydrogen) atoms. The fourth-order valence-corrected chi connectivity index (χ4v) is 1.44. The molecule has 1 atom stereocenters. The molecule has 0 heterocycles. The second kappa shape index (κ2) is 5.50. The summed E-state index contributed by atoms with van der Waals surface area (Å²) in [6.07, 6.45) is 2.48. The molecule has 1 aromatic rings. The van der Waals surface area contributed by atoms with Crippen LogP contribution < -0.4 is 5.32 Å². The van der Waals surface area contributed by atoms with Crippen molar-refractivity contribution in [3.05, 3.63) is 48.6 Å². The number of nitrogens with one attached hydrogen (secondary N) is 1. The SMILES string of the molecule is C=CCC(NC(=O)S)c1ccccc1. The first-order valence-corrected chi connectivity index (χ1v) is 4.84. The quantitative estimate of drug-likeness (QED) is 0.577. The van der Waals surface area contributed by atoms with E-state index in [1.165, 1.54) is 0 Å². The van der Waals surface area contributed by atoms with Crippen LogP contribution in [0.1, 0.15) is 18.0 Å². The lowest BCUT2D eigenvalue weighted by Gasteiger charge is -2.15. The molecule has 0 aliphatic heterocycles. The maximum Gasteiger partial charge on any atom is 0.276 e. The Kier molecular flexibility index (Phi) is 4.26. The highest BCUT2D eigenvalue weighted by Gasteiger charge is 2.09.